The fraction of sp³-hybridized carbons (Fsp3) is 0.250. The number of hydrogen-bond donors (Lipinski definition) is 1. The number of fused-ring (bicyclic) bond motifs is 1. The molecule has 0 bridgehead atoms. The van der Waals surface area contributed by atoms with Gasteiger partial charge in [-0.15, -0.1) is 0 Å². The highest BCUT2D eigenvalue weighted by Gasteiger charge is 2.20. The molecule has 2 heterocycles. The molecule has 0 amide bonds. The van der Waals surface area contributed by atoms with Crippen LogP contribution in [0, 0.1) is 6.92 Å². The van der Waals surface area contributed by atoms with Crippen LogP contribution in [0.1, 0.15) is 5.69 Å². The largest absolute Gasteiger partial charge is 0.486 e. The lowest BCUT2D eigenvalue weighted by Crippen LogP contribution is -2.15. The third kappa shape index (κ3) is 1.70. The number of halogens is 1. The van der Waals surface area contributed by atoms with Gasteiger partial charge in [0.15, 0.2) is 11.5 Å². The standard InChI is InChI=1S/C12H11BrN2O2/c1-7-10(13)11(15-14-7)8-3-2-4-9-12(8)17-6-5-16-9/h2-4H,5-6H2,1H3,(H,14,15). The summed E-state index contributed by atoms with van der Waals surface area (Å²) in [7, 11) is 0. The Labute approximate surface area is 107 Å². The summed E-state index contributed by atoms with van der Waals surface area (Å²) in [5.74, 6) is 1.55. The number of rotatable bonds is 1. The third-order valence-electron chi connectivity index (χ3n) is 2.69. The monoisotopic (exact) mass is 294 g/mol. The molecule has 17 heavy (non-hydrogen) atoms. The summed E-state index contributed by atoms with van der Waals surface area (Å²) in [6, 6.07) is 5.83. The van der Waals surface area contributed by atoms with E-state index in [2.05, 4.69) is 26.1 Å². The van der Waals surface area contributed by atoms with Gasteiger partial charge in [-0.1, -0.05) is 6.07 Å². The zero-order valence-electron chi connectivity index (χ0n) is 9.29. The average molecular weight is 295 g/mol. The SMILES string of the molecule is Cc1[nH]nc(-c2cccc3c2OCCO3)c1Br. The minimum atomic E-state index is 0.574. The molecule has 2 aromatic rings. The molecule has 0 spiro atoms. The van der Waals surface area contributed by atoms with E-state index in [1.54, 1.807) is 0 Å². The Hall–Kier alpha value is -1.49. The summed E-state index contributed by atoms with van der Waals surface area (Å²) in [5.41, 5.74) is 2.79. The molecule has 0 saturated carbocycles. The minimum Gasteiger partial charge on any atom is -0.486 e. The number of H-pyrrole nitrogens is 1. The predicted molar refractivity (Wildman–Crippen MR) is 67.5 cm³/mol. The van der Waals surface area contributed by atoms with Gasteiger partial charge in [-0.3, -0.25) is 5.10 Å². The van der Waals surface area contributed by atoms with Crippen LogP contribution in [0.4, 0.5) is 0 Å². The molecule has 1 aromatic carbocycles. The van der Waals surface area contributed by atoms with E-state index in [9.17, 15) is 0 Å². The lowest BCUT2D eigenvalue weighted by molar-refractivity contribution is 0.172. The van der Waals surface area contributed by atoms with Gasteiger partial charge in [0, 0.05) is 11.3 Å². The number of hydrogen-bond acceptors (Lipinski definition) is 3. The zero-order chi connectivity index (χ0) is 11.8. The second-order valence-electron chi connectivity index (χ2n) is 3.84. The van der Waals surface area contributed by atoms with Crippen molar-refractivity contribution >= 4 is 15.9 Å². The maximum absolute atomic E-state index is 5.67. The van der Waals surface area contributed by atoms with Crippen LogP contribution < -0.4 is 9.47 Å². The number of nitrogens with one attached hydrogen (secondary N) is 1. The highest BCUT2D eigenvalue weighted by molar-refractivity contribution is 9.10. The predicted octanol–water partition coefficient (Wildman–Crippen LogP) is 2.92. The van der Waals surface area contributed by atoms with Gasteiger partial charge in [0.05, 0.1) is 4.47 Å². The summed E-state index contributed by atoms with van der Waals surface area (Å²) in [4.78, 5) is 0. The Morgan fingerprint density at radius 2 is 2.12 bits per heavy atom. The maximum Gasteiger partial charge on any atom is 0.170 e. The molecule has 0 fully saturated rings. The number of aromatic amines is 1. The van der Waals surface area contributed by atoms with Gasteiger partial charge in [0.25, 0.3) is 0 Å². The highest BCUT2D eigenvalue weighted by atomic mass is 79.9. The van der Waals surface area contributed by atoms with Crippen LogP contribution in [0.25, 0.3) is 11.3 Å². The molecule has 5 heteroatoms. The topological polar surface area (TPSA) is 47.1 Å². The van der Waals surface area contributed by atoms with Gasteiger partial charge in [0.1, 0.15) is 18.9 Å². The van der Waals surface area contributed by atoms with E-state index in [1.807, 2.05) is 25.1 Å². The van der Waals surface area contributed by atoms with Crippen molar-refractivity contribution in [1.82, 2.24) is 10.2 Å². The first kappa shape index (κ1) is 10.7. The number of aryl methyl sites for hydroxylation is 1. The minimum absolute atomic E-state index is 0.574. The smallest absolute Gasteiger partial charge is 0.170 e. The number of nitrogens with zero attached hydrogens (tertiary/aromatic N) is 1. The van der Waals surface area contributed by atoms with Crippen molar-refractivity contribution in [2.24, 2.45) is 0 Å². The van der Waals surface area contributed by atoms with Gasteiger partial charge in [-0.05, 0) is 35.0 Å². The van der Waals surface area contributed by atoms with Crippen LogP contribution in [0.15, 0.2) is 22.7 Å². The molecule has 0 saturated heterocycles. The normalized spacial score (nSPS) is 13.8. The molecule has 0 radical (unpaired) electrons. The number of para-hydroxylation sites is 1. The van der Waals surface area contributed by atoms with Gasteiger partial charge >= 0.3 is 0 Å². The Balaban J connectivity index is 2.18. The van der Waals surface area contributed by atoms with Crippen molar-refractivity contribution < 1.29 is 9.47 Å². The Kier molecular flexibility index (Phi) is 2.55. The number of aromatic nitrogens is 2. The summed E-state index contributed by atoms with van der Waals surface area (Å²) in [6.45, 7) is 3.13. The van der Waals surface area contributed by atoms with Gasteiger partial charge in [-0.25, -0.2) is 0 Å². The Morgan fingerprint density at radius 3 is 2.88 bits per heavy atom. The van der Waals surface area contributed by atoms with E-state index in [1.165, 1.54) is 0 Å². The molecule has 1 N–H and O–H groups in total. The molecular weight excluding hydrogens is 284 g/mol. The second-order valence-corrected chi connectivity index (χ2v) is 4.63. The molecular formula is C12H11BrN2O2. The van der Waals surface area contributed by atoms with Crippen molar-refractivity contribution in [2.75, 3.05) is 13.2 Å². The van der Waals surface area contributed by atoms with E-state index in [0.717, 1.165) is 32.9 Å². The van der Waals surface area contributed by atoms with E-state index >= 15 is 0 Å². The van der Waals surface area contributed by atoms with E-state index in [0.29, 0.717) is 13.2 Å². The fourth-order valence-electron chi connectivity index (χ4n) is 1.85. The average Bonchev–Trinajstić information content (AvgIpc) is 2.69. The van der Waals surface area contributed by atoms with Crippen LogP contribution in [-0.4, -0.2) is 23.4 Å². The van der Waals surface area contributed by atoms with Crippen molar-refractivity contribution in [3.63, 3.8) is 0 Å². The first-order valence-corrected chi connectivity index (χ1v) is 6.16. The third-order valence-corrected chi connectivity index (χ3v) is 3.66. The summed E-state index contributed by atoms with van der Waals surface area (Å²) < 4.78 is 12.2. The molecule has 1 aromatic heterocycles. The van der Waals surface area contributed by atoms with Crippen molar-refractivity contribution in [3.8, 4) is 22.8 Å². The molecule has 3 rings (SSSR count). The molecule has 4 nitrogen and oxygen atoms in total. The summed E-state index contributed by atoms with van der Waals surface area (Å²) in [5, 5.41) is 7.24. The van der Waals surface area contributed by atoms with E-state index < -0.39 is 0 Å². The van der Waals surface area contributed by atoms with Crippen molar-refractivity contribution in [3.05, 3.63) is 28.4 Å². The molecule has 1 aliphatic heterocycles. The molecule has 88 valence electrons. The second kappa shape index (κ2) is 4.07. The van der Waals surface area contributed by atoms with Crippen LogP contribution in [0.2, 0.25) is 0 Å². The first-order valence-electron chi connectivity index (χ1n) is 5.37. The lowest BCUT2D eigenvalue weighted by Gasteiger charge is -2.20. The van der Waals surface area contributed by atoms with Crippen molar-refractivity contribution in [1.29, 1.82) is 0 Å². The van der Waals surface area contributed by atoms with E-state index in [-0.39, 0.29) is 0 Å². The lowest BCUT2D eigenvalue weighted by atomic mass is 10.1. The van der Waals surface area contributed by atoms with Gasteiger partial charge in [0.2, 0.25) is 0 Å². The maximum atomic E-state index is 5.67. The first-order chi connectivity index (χ1) is 8.27. The molecule has 1 aliphatic rings. The summed E-state index contributed by atoms with van der Waals surface area (Å²) >= 11 is 3.52. The molecule has 0 atom stereocenters. The van der Waals surface area contributed by atoms with Crippen LogP contribution >= 0.6 is 15.9 Å². The number of benzene rings is 1. The van der Waals surface area contributed by atoms with Crippen molar-refractivity contribution in [2.45, 2.75) is 6.92 Å². The van der Waals surface area contributed by atoms with Gasteiger partial charge < -0.3 is 9.47 Å². The van der Waals surface area contributed by atoms with Crippen LogP contribution in [0.3, 0.4) is 0 Å². The van der Waals surface area contributed by atoms with Crippen LogP contribution in [-0.2, 0) is 0 Å². The van der Waals surface area contributed by atoms with E-state index in [4.69, 9.17) is 9.47 Å². The fourth-order valence-corrected chi connectivity index (χ4v) is 2.25. The quantitative estimate of drug-likeness (QED) is 0.880. The molecule has 0 aliphatic carbocycles. The highest BCUT2D eigenvalue weighted by Crippen LogP contribution is 2.41. The zero-order valence-corrected chi connectivity index (χ0v) is 10.9. The van der Waals surface area contributed by atoms with Gasteiger partial charge in [-0.2, -0.15) is 5.10 Å². The Bertz CT molecular complexity index is 566. The van der Waals surface area contributed by atoms with Crippen LogP contribution in [0.5, 0.6) is 11.5 Å². The number of ether oxygens (including phenoxy) is 2. The molecule has 0 unspecified atom stereocenters. The summed E-state index contributed by atoms with van der Waals surface area (Å²) in [6.07, 6.45) is 0. The Morgan fingerprint density at radius 1 is 1.29 bits per heavy atom.